The molecule has 0 bridgehead atoms. The molecule has 6 aromatic carbocycles. The maximum absolute atomic E-state index is 11.1. The van der Waals surface area contributed by atoms with E-state index in [2.05, 4.69) is 127 Å². The number of nitrogens with zero attached hydrogens (tertiary/aromatic N) is 2. The number of furan rings is 1. The summed E-state index contributed by atoms with van der Waals surface area (Å²) in [5, 5.41) is 37.2. The molecule has 3 heterocycles. The predicted molar refractivity (Wildman–Crippen MR) is 243 cm³/mol. The molecule has 59 heavy (non-hydrogen) atoms. The molecule has 0 saturated heterocycles. The Balaban J connectivity index is 1.23. The molecule has 3 aromatic heterocycles. The molecule has 9 aromatic rings. The van der Waals surface area contributed by atoms with Gasteiger partial charge in [0, 0.05) is 49.5 Å². The molecule has 0 unspecified atom stereocenters. The smallest absolute Gasteiger partial charge is 0.200 e. The summed E-state index contributed by atoms with van der Waals surface area (Å²) in [5.74, 6) is -0.578. The molecule has 2 aliphatic rings. The Hall–Kier alpha value is -7.18. The molecule has 11 rings (SSSR count). The van der Waals surface area contributed by atoms with Crippen LogP contribution in [0, 0.1) is 6.92 Å². The van der Waals surface area contributed by atoms with E-state index in [0.717, 1.165) is 73.5 Å². The molecular formula is C53H42N2O4. The van der Waals surface area contributed by atoms with Gasteiger partial charge in [-0.05, 0) is 133 Å². The SMILES string of the molecule is C=Cc1oc2c(ccc3c2c2cc(-c4c(C)cc(O)c(O)c4O)ccc2n3-c2ccc3c(c2)c2cc4c(cc2n3-c2ccccc2)C(C)(C)C2=C4C=CCC2)c1/C=C\C. The number of fused-ring (bicyclic) bond motifs is 10. The van der Waals surface area contributed by atoms with Crippen LogP contribution in [0.25, 0.3) is 94.8 Å². The average Bonchev–Trinajstić information content (AvgIpc) is 3.94. The zero-order valence-electron chi connectivity index (χ0n) is 33.4. The van der Waals surface area contributed by atoms with Gasteiger partial charge in [-0.15, -0.1) is 0 Å². The third-order valence-corrected chi connectivity index (χ3v) is 13.0. The van der Waals surface area contributed by atoms with Gasteiger partial charge >= 0.3 is 0 Å². The number of phenolic OH excluding ortho intramolecular Hbond substituents is 3. The second kappa shape index (κ2) is 12.4. The van der Waals surface area contributed by atoms with Gasteiger partial charge < -0.3 is 28.9 Å². The summed E-state index contributed by atoms with van der Waals surface area (Å²) in [5.41, 5.74) is 15.4. The standard InChI is InChI=1S/C53H42N2O4/c1-6-13-34-35-20-23-44-49(52(35)59-47(34)7-2)39-25-30(48-29(3)24-46(56)50(57)51(48)58)18-21-43(39)55(44)32-19-22-42-37(26-32)38-27-36-33-16-11-12-17-40(33)53(4,5)41(36)28-45(38)54(42)31-14-9-8-10-15-31/h6-11,13-16,18-28,56-58H,2,12,17H2,1,3-5H3/b13-6-. The first-order valence-corrected chi connectivity index (χ1v) is 20.2. The summed E-state index contributed by atoms with van der Waals surface area (Å²) < 4.78 is 11.4. The van der Waals surface area contributed by atoms with Gasteiger partial charge in [-0.3, -0.25) is 0 Å². The van der Waals surface area contributed by atoms with E-state index in [-0.39, 0.29) is 16.9 Å². The van der Waals surface area contributed by atoms with E-state index in [9.17, 15) is 15.3 Å². The Morgan fingerprint density at radius 3 is 2.29 bits per heavy atom. The minimum Gasteiger partial charge on any atom is -0.504 e. The largest absolute Gasteiger partial charge is 0.504 e. The minimum atomic E-state index is -0.544. The summed E-state index contributed by atoms with van der Waals surface area (Å²) in [4.78, 5) is 0. The van der Waals surface area contributed by atoms with Crippen LogP contribution in [0.15, 0.2) is 132 Å². The Morgan fingerprint density at radius 2 is 1.49 bits per heavy atom. The molecule has 3 N–H and O–H groups in total. The van der Waals surface area contributed by atoms with Crippen LogP contribution in [0.3, 0.4) is 0 Å². The highest BCUT2D eigenvalue weighted by Gasteiger charge is 2.38. The Labute approximate surface area is 341 Å². The third-order valence-electron chi connectivity index (χ3n) is 13.0. The van der Waals surface area contributed by atoms with Crippen LogP contribution >= 0.6 is 0 Å². The van der Waals surface area contributed by atoms with Crippen LogP contribution in [0.1, 0.15) is 61.6 Å². The van der Waals surface area contributed by atoms with Crippen molar-refractivity contribution in [3.05, 3.63) is 155 Å². The number of aromatic nitrogens is 2. The second-order valence-corrected chi connectivity index (χ2v) is 16.5. The molecule has 288 valence electrons. The van der Waals surface area contributed by atoms with Gasteiger partial charge in [0.2, 0.25) is 5.75 Å². The number of allylic oxidation sites excluding steroid dienone is 5. The molecule has 0 atom stereocenters. The summed E-state index contributed by atoms with van der Waals surface area (Å²) in [7, 11) is 0. The lowest BCUT2D eigenvalue weighted by Gasteiger charge is -2.25. The molecule has 0 spiro atoms. The van der Waals surface area contributed by atoms with Gasteiger partial charge in [0.15, 0.2) is 11.5 Å². The van der Waals surface area contributed by atoms with E-state index >= 15 is 0 Å². The molecule has 0 fully saturated rings. The van der Waals surface area contributed by atoms with E-state index in [1.807, 2.05) is 32.1 Å². The third kappa shape index (κ3) is 4.74. The Kier molecular flexibility index (Phi) is 7.37. The quantitative estimate of drug-likeness (QED) is 0.152. The molecule has 0 radical (unpaired) electrons. The van der Waals surface area contributed by atoms with Crippen molar-refractivity contribution in [3.63, 3.8) is 0 Å². The van der Waals surface area contributed by atoms with Crippen LogP contribution < -0.4 is 0 Å². The van der Waals surface area contributed by atoms with Crippen molar-refractivity contribution in [3.8, 4) is 39.8 Å². The second-order valence-electron chi connectivity index (χ2n) is 16.5. The monoisotopic (exact) mass is 770 g/mol. The van der Waals surface area contributed by atoms with Gasteiger partial charge in [0.25, 0.3) is 0 Å². The van der Waals surface area contributed by atoms with Crippen molar-refractivity contribution < 1.29 is 19.7 Å². The van der Waals surface area contributed by atoms with Gasteiger partial charge in [-0.1, -0.05) is 74.6 Å². The fourth-order valence-electron chi connectivity index (χ4n) is 10.3. The molecule has 0 aliphatic heterocycles. The van der Waals surface area contributed by atoms with Crippen molar-refractivity contribution in [1.82, 2.24) is 9.13 Å². The van der Waals surface area contributed by atoms with Crippen molar-refractivity contribution in [2.45, 2.75) is 46.0 Å². The highest BCUT2D eigenvalue weighted by atomic mass is 16.3. The van der Waals surface area contributed by atoms with E-state index in [0.29, 0.717) is 22.5 Å². The summed E-state index contributed by atoms with van der Waals surface area (Å²) in [6, 6.07) is 34.1. The molecule has 0 saturated carbocycles. The molecule has 0 amide bonds. The van der Waals surface area contributed by atoms with E-state index in [1.54, 1.807) is 6.08 Å². The number of hydrogen-bond acceptors (Lipinski definition) is 4. The number of aromatic hydroxyl groups is 3. The maximum atomic E-state index is 11.1. The van der Waals surface area contributed by atoms with Crippen LogP contribution in [-0.4, -0.2) is 24.5 Å². The van der Waals surface area contributed by atoms with Gasteiger partial charge in [0.1, 0.15) is 11.3 Å². The summed E-state index contributed by atoms with van der Waals surface area (Å²) in [6.07, 6.45) is 12.6. The number of rotatable bonds is 5. The van der Waals surface area contributed by atoms with E-state index in [4.69, 9.17) is 4.42 Å². The number of benzene rings is 6. The van der Waals surface area contributed by atoms with Gasteiger partial charge in [-0.2, -0.15) is 0 Å². The lowest BCUT2D eigenvalue weighted by molar-refractivity contribution is 0.368. The normalized spacial score (nSPS) is 14.8. The van der Waals surface area contributed by atoms with Crippen LogP contribution in [-0.2, 0) is 5.41 Å². The zero-order valence-corrected chi connectivity index (χ0v) is 33.4. The zero-order chi connectivity index (χ0) is 40.5. The van der Waals surface area contributed by atoms with E-state index in [1.165, 1.54) is 39.2 Å². The van der Waals surface area contributed by atoms with Crippen molar-refractivity contribution in [2.75, 3.05) is 0 Å². The molecule has 6 nitrogen and oxygen atoms in total. The highest BCUT2D eigenvalue weighted by molar-refractivity contribution is 6.22. The lowest BCUT2D eigenvalue weighted by Crippen LogP contribution is -2.17. The molecule has 6 heteroatoms. The van der Waals surface area contributed by atoms with Crippen molar-refractivity contribution in [2.24, 2.45) is 0 Å². The Bertz CT molecular complexity index is 3420. The average molecular weight is 771 g/mol. The fourth-order valence-corrected chi connectivity index (χ4v) is 10.3. The van der Waals surface area contributed by atoms with Crippen LogP contribution in [0.2, 0.25) is 0 Å². The number of phenols is 3. The van der Waals surface area contributed by atoms with Crippen molar-refractivity contribution in [1.29, 1.82) is 0 Å². The number of aryl methyl sites for hydroxylation is 1. The maximum Gasteiger partial charge on any atom is 0.200 e. The van der Waals surface area contributed by atoms with Crippen LogP contribution in [0.4, 0.5) is 0 Å². The highest BCUT2D eigenvalue weighted by Crippen LogP contribution is 2.53. The summed E-state index contributed by atoms with van der Waals surface area (Å²) in [6.45, 7) is 12.6. The van der Waals surface area contributed by atoms with Gasteiger partial charge in [-0.25, -0.2) is 0 Å². The van der Waals surface area contributed by atoms with Crippen molar-refractivity contribution >= 4 is 72.3 Å². The first kappa shape index (κ1) is 35.0. The van der Waals surface area contributed by atoms with E-state index < -0.39 is 5.75 Å². The fraction of sp³-hybridized carbons (Fsp3) is 0.132. The van der Waals surface area contributed by atoms with Gasteiger partial charge in [0.05, 0.1) is 27.5 Å². The predicted octanol–water partition coefficient (Wildman–Crippen LogP) is 13.8. The molecular weight excluding hydrogens is 729 g/mol. The summed E-state index contributed by atoms with van der Waals surface area (Å²) >= 11 is 0. The topological polar surface area (TPSA) is 83.7 Å². The number of para-hydroxylation sites is 1. The first-order chi connectivity index (χ1) is 28.6. The molecule has 2 aliphatic carbocycles. The lowest BCUT2D eigenvalue weighted by atomic mass is 9.78. The van der Waals surface area contributed by atoms with Crippen LogP contribution in [0.5, 0.6) is 17.2 Å². The number of hydrogen-bond donors (Lipinski definition) is 3. The Morgan fingerprint density at radius 1 is 0.746 bits per heavy atom. The minimum absolute atomic E-state index is 0.0573. The first-order valence-electron chi connectivity index (χ1n) is 20.2.